The summed E-state index contributed by atoms with van der Waals surface area (Å²) in [5, 5.41) is 0. The van der Waals surface area contributed by atoms with Gasteiger partial charge in [0.15, 0.2) is 0 Å². The van der Waals surface area contributed by atoms with Gasteiger partial charge in [-0.15, -0.1) is 0 Å². The molecule has 0 rings (SSSR count). The molecule has 25 heavy (non-hydrogen) atoms. The molecule has 0 bridgehead atoms. The second-order valence-corrected chi connectivity index (χ2v) is 9.33. The van der Waals surface area contributed by atoms with Gasteiger partial charge in [0.05, 0.1) is 6.61 Å². The lowest BCUT2D eigenvalue weighted by molar-refractivity contribution is -0.0247. The molecule has 0 amide bonds. The quantitative estimate of drug-likeness (QED) is 0.224. The van der Waals surface area contributed by atoms with E-state index in [1.807, 2.05) is 13.8 Å². The van der Waals surface area contributed by atoms with Crippen molar-refractivity contribution in [3.8, 4) is 0 Å². The molecule has 0 aliphatic carbocycles. The van der Waals surface area contributed by atoms with Crippen molar-refractivity contribution in [2.75, 3.05) is 6.61 Å². The molecule has 3 nitrogen and oxygen atoms in total. The van der Waals surface area contributed by atoms with E-state index in [1.54, 1.807) is 0 Å². The van der Waals surface area contributed by atoms with Crippen LogP contribution in [0.5, 0.6) is 0 Å². The second kappa shape index (κ2) is 11.6. The molecule has 0 aliphatic heterocycles. The van der Waals surface area contributed by atoms with E-state index in [2.05, 4.69) is 53.7 Å². The van der Waals surface area contributed by atoms with Crippen molar-refractivity contribution in [1.29, 1.82) is 0 Å². The van der Waals surface area contributed by atoms with Crippen molar-refractivity contribution in [3.05, 3.63) is 12.2 Å². The number of rotatable bonds is 11. The Kier molecular flexibility index (Phi) is 11.1. The minimum absolute atomic E-state index is 0.344. The first-order valence-electron chi connectivity index (χ1n) is 9.99. The molecule has 2 atom stereocenters. The lowest BCUT2D eigenvalue weighted by atomic mass is 9.84. The van der Waals surface area contributed by atoms with Gasteiger partial charge in [-0.2, -0.15) is 0 Å². The monoisotopic (exact) mass is 354 g/mol. The van der Waals surface area contributed by atoms with Gasteiger partial charge in [0.25, 0.3) is 0 Å². The number of allylic oxidation sites excluding steroid dienone is 2. The van der Waals surface area contributed by atoms with Crippen LogP contribution in [0.1, 0.15) is 93.9 Å². The molecule has 0 aromatic heterocycles. The predicted molar refractivity (Wildman–Crippen MR) is 107 cm³/mol. The van der Waals surface area contributed by atoms with E-state index in [1.165, 1.54) is 19.3 Å². The van der Waals surface area contributed by atoms with Crippen molar-refractivity contribution in [1.82, 2.24) is 0 Å². The van der Waals surface area contributed by atoms with Crippen LogP contribution in [-0.2, 0) is 9.47 Å². The molecule has 0 saturated heterocycles. The van der Waals surface area contributed by atoms with Crippen LogP contribution < -0.4 is 0 Å². The van der Waals surface area contributed by atoms with Crippen LogP contribution in [-0.4, -0.2) is 18.4 Å². The SMILES string of the molecule is CCCCCCOC(=O)OC(C)(C)CC(C)/C=C\C(C)CC(C)(C)C. The third kappa shape index (κ3) is 15.0. The second-order valence-electron chi connectivity index (χ2n) is 9.33. The molecule has 0 fully saturated rings. The van der Waals surface area contributed by atoms with E-state index in [0.29, 0.717) is 23.9 Å². The summed E-state index contributed by atoms with van der Waals surface area (Å²) in [6, 6.07) is 0. The fraction of sp³-hybridized carbons (Fsp3) is 0.864. The molecule has 0 aromatic carbocycles. The van der Waals surface area contributed by atoms with Gasteiger partial charge in [0.1, 0.15) is 5.60 Å². The molecule has 2 unspecified atom stereocenters. The van der Waals surface area contributed by atoms with Gasteiger partial charge in [-0.3, -0.25) is 0 Å². The average molecular weight is 355 g/mol. The van der Waals surface area contributed by atoms with E-state index in [9.17, 15) is 4.79 Å². The molecule has 3 heteroatoms. The van der Waals surface area contributed by atoms with Crippen molar-refractivity contribution < 1.29 is 14.3 Å². The summed E-state index contributed by atoms with van der Waals surface area (Å²) in [5.41, 5.74) is -0.173. The number of hydrogen-bond acceptors (Lipinski definition) is 3. The number of unbranched alkanes of at least 4 members (excludes halogenated alkanes) is 3. The molecule has 0 spiro atoms. The summed E-state index contributed by atoms with van der Waals surface area (Å²) in [6.07, 6.45) is 10.3. The average Bonchev–Trinajstić information content (AvgIpc) is 2.42. The Bertz CT molecular complexity index is 391. The summed E-state index contributed by atoms with van der Waals surface area (Å²) in [4.78, 5) is 11.8. The van der Waals surface area contributed by atoms with Gasteiger partial charge in [-0.25, -0.2) is 4.79 Å². The lowest BCUT2D eigenvalue weighted by Crippen LogP contribution is -2.30. The van der Waals surface area contributed by atoms with Gasteiger partial charge in [0.2, 0.25) is 0 Å². The molecule has 0 saturated carbocycles. The normalized spacial score (nSPS) is 15.2. The smallest absolute Gasteiger partial charge is 0.434 e. The topological polar surface area (TPSA) is 35.5 Å². The summed E-state index contributed by atoms with van der Waals surface area (Å²) in [5.74, 6) is 0.911. The van der Waals surface area contributed by atoms with Crippen LogP contribution >= 0.6 is 0 Å². The molecular formula is C22H42O3. The van der Waals surface area contributed by atoms with Crippen molar-refractivity contribution >= 4 is 6.16 Å². The van der Waals surface area contributed by atoms with E-state index in [-0.39, 0.29) is 0 Å². The molecule has 0 aromatic rings. The minimum atomic E-state index is -0.543. The van der Waals surface area contributed by atoms with Crippen LogP contribution in [0.3, 0.4) is 0 Å². The summed E-state index contributed by atoms with van der Waals surface area (Å²) in [6.45, 7) is 17.8. The zero-order valence-corrected chi connectivity index (χ0v) is 18.0. The maximum atomic E-state index is 11.8. The van der Waals surface area contributed by atoms with Gasteiger partial charge in [0, 0.05) is 0 Å². The summed E-state index contributed by atoms with van der Waals surface area (Å²) in [7, 11) is 0. The number of carbonyl (C=O) groups excluding carboxylic acids is 1. The van der Waals surface area contributed by atoms with Gasteiger partial charge in [-0.05, 0) is 50.4 Å². The van der Waals surface area contributed by atoms with E-state index in [0.717, 1.165) is 19.3 Å². The maximum absolute atomic E-state index is 11.8. The Morgan fingerprint density at radius 2 is 1.48 bits per heavy atom. The first-order chi connectivity index (χ1) is 11.4. The van der Waals surface area contributed by atoms with Crippen LogP contribution in [0, 0.1) is 17.3 Å². The molecule has 0 aliphatic rings. The van der Waals surface area contributed by atoms with E-state index >= 15 is 0 Å². The van der Waals surface area contributed by atoms with Gasteiger partial charge < -0.3 is 9.47 Å². The number of carbonyl (C=O) groups is 1. The summed E-state index contributed by atoms with van der Waals surface area (Å²) >= 11 is 0. The van der Waals surface area contributed by atoms with E-state index in [4.69, 9.17) is 9.47 Å². The molecule has 0 heterocycles. The highest BCUT2D eigenvalue weighted by Crippen LogP contribution is 2.26. The molecule has 0 N–H and O–H groups in total. The van der Waals surface area contributed by atoms with Gasteiger partial charge >= 0.3 is 6.16 Å². The van der Waals surface area contributed by atoms with E-state index < -0.39 is 11.8 Å². The predicted octanol–water partition coefficient (Wildman–Crippen LogP) is 7.15. The van der Waals surface area contributed by atoms with Crippen LogP contribution in [0.25, 0.3) is 0 Å². The minimum Gasteiger partial charge on any atom is -0.434 e. The lowest BCUT2D eigenvalue weighted by Gasteiger charge is -2.27. The third-order valence-corrected chi connectivity index (χ3v) is 4.09. The third-order valence-electron chi connectivity index (χ3n) is 4.09. The largest absolute Gasteiger partial charge is 0.508 e. The Balaban J connectivity index is 4.20. The molecular weight excluding hydrogens is 312 g/mol. The van der Waals surface area contributed by atoms with Crippen molar-refractivity contribution in [3.63, 3.8) is 0 Å². The first-order valence-corrected chi connectivity index (χ1v) is 9.99. The Morgan fingerprint density at radius 1 is 0.920 bits per heavy atom. The first kappa shape index (κ1) is 24.0. The van der Waals surface area contributed by atoms with Crippen LogP contribution in [0.2, 0.25) is 0 Å². The Morgan fingerprint density at radius 3 is 2.00 bits per heavy atom. The standard InChI is InChI=1S/C22H42O3/c1-9-10-11-12-15-24-20(23)25-22(7,8)17-19(3)14-13-18(2)16-21(4,5)6/h13-14,18-19H,9-12,15-17H2,1-8H3/b14-13-. The molecule has 0 radical (unpaired) electrons. The fourth-order valence-corrected chi connectivity index (χ4v) is 3.24. The number of hydrogen-bond donors (Lipinski definition) is 0. The van der Waals surface area contributed by atoms with Crippen LogP contribution in [0.15, 0.2) is 12.2 Å². The number of ether oxygens (including phenoxy) is 2. The van der Waals surface area contributed by atoms with Crippen molar-refractivity contribution in [2.24, 2.45) is 17.3 Å². The zero-order valence-electron chi connectivity index (χ0n) is 18.0. The highest BCUT2D eigenvalue weighted by molar-refractivity contribution is 5.60. The zero-order chi connectivity index (χ0) is 19.5. The Hall–Kier alpha value is -0.990. The fourth-order valence-electron chi connectivity index (χ4n) is 3.24. The Labute approximate surface area is 156 Å². The van der Waals surface area contributed by atoms with Crippen molar-refractivity contribution in [2.45, 2.75) is 99.5 Å². The van der Waals surface area contributed by atoms with Gasteiger partial charge in [-0.1, -0.05) is 73.0 Å². The highest BCUT2D eigenvalue weighted by Gasteiger charge is 2.25. The van der Waals surface area contributed by atoms with Crippen LogP contribution in [0.4, 0.5) is 4.79 Å². The highest BCUT2D eigenvalue weighted by atomic mass is 16.7. The maximum Gasteiger partial charge on any atom is 0.508 e. The molecule has 148 valence electrons. The summed E-state index contributed by atoms with van der Waals surface area (Å²) < 4.78 is 10.7.